The molecule has 5 heteroatoms. The molecule has 1 heterocycles. The summed E-state index contributed by atoms with van der Waals surface area (Å²) in [6.07, 6.45) is 5.28. The molecule has 0 unspecified atom stereocenters. The van der Waals surface area contributed by atoms with Gasteiger partial charge in [-0.1, -0.05) is 56.0 Å². The van der Waals surface area contributed by atoms with Gasteiger partial charge in [-0.3, -0.25) is 0 Å². The summed E-state index contributed by atoms with van der Waals surface area (Å²) in [4.78, 5) is 12.4. The summed E-state index contributed by atoms with van der Waals surface area (Å²) in [6, 6.07) is 13.4. The van der Waals surface area contributed by atoms with Crippen molar-refractivity contribution in [1.29, 1.82) is 0 Å². The minimum absolute atomic E-state index is 0.303. The zero-order valence-electron chi connectivity index (χ0n) is 17.5. The molecule has 2 aromatic rings. The molecule has 0 saturated heterocycles. The average Bonchev–Trinajstić information content (AvgIpc) is 3.04. The molecule has 0 bridgehead atoms. The third-order valence-electron chi connectivity index (χ3n) is 5.17. The molecule has 1 aromatic heterocycles. The Balaban J connectivity index is 1.90. The molecule has 0 saturated carbocycles. The Morgan fingerprint density at radius 2 is 1.93 bits per heavy atom. The average molecular weight is 398 g/mol. The van der Waals surface area contributed by atoms with Gasteiger partial charge in [-0.2, -0.15) is 0 Å². The zero-order chi connectivity index (χ0) is 20.1. The molecule has 0 amide bonds. The first-order valence-electron chi connectivity index (χ1n) is 10.0. The van der Waals surface area contributed by atoms with Crippen molar-refractivity contribution in [2.24, 2.45) is 0 Å². The molecule has 4 nitrogen and oxygen atoms in total. The summed E-state index contributed by atoms with van der Waals surface area (Å²) >= 11 is 0. The van der Waals surface area contributed by atoms with Gasteiger partial charge in [0.05, 0.1) is 7.11 Å². The summed E-state index contributed by atoms with van der Waals surface area (Å²) in [6.45, 7) is 8.16. The SMILES string of the molecule is COC(=O)c1cc2c(n1COCC[Si](C)(C)C)CCCC2=Cc1ccccc1. The fraction of sp³-hybridized carbons (Fsp3) is 0.435. The molecule has 1 aliphatic carbocycles. The number of aromatic nitrogens is 1. The van der Waals surface area contributed by atoms with Gasteiger partial charge in [0, 0.05) is 20.4 Å². The van der Waals surface area contributed by atoms with Crippen molar-refractivity contribution < 1.29 is 14.3 Å². The Kier molecular flexibility index (Phi) is 6.57. The number of rotatable bonds is 7. The summed E-state index contributed by atoms with van der Waals surface area (Å²) < 4.78 is 13.0. The van der Waals surface area contributed by atoms with Gasteiger partial charge in [0.15, 0.2) is 0 Å². The van der Waals surface area contributed by atoms with E-state index in [0.29, 0.717) is 12.4 Å². The van der Waals surface area contributed by atoms with E-state index in [0.717, 1.165) is 37.5 Å². The van der Waals surface area contributed by atoms with Crippen LogP contribution < -0.4 is 0 Å². The van der Waals surface area contributed by atoms with Crippen LogP contribution in [0, 0.1) is 0 Å². The van der Waals surface area contributed by atoms with Crippen LogP contribution in [0.2, 0.25) is 25.7 Å². The summed E-state index contributed by atoms with van der Waals surface area (Å²) in [5.41, 5.74) is 5.38. The van der Waals surface area contributed by atoms with Crippen LogP contribution in [0.4, 0.5) is 0 Å². The lowest BCUT2D eigenvalue weighted by molar-refractivity contribution is 0.0536. The van der Waals surface area contributed by atoms with Gasteiger partial charge in [0.1, 0.15) is 12.4 Å². The molecule has 0 radical (unpaired) electrons. The van der Waals surface area contributed by atoms with E-state index in [1.165, 1.54) is 23.9 Å². The van der Waals surface area contributed by atoms with Crippen LogP contribution in [0.5, 0.6) is 0 Å². The van der Waals surface area contributed by atoms with Crippen molar-refractivity contribution in [2.75, 3.05) is 13.7 Å². The molecule has 0 atom stereocenters. The zero-order valence-corrected chi connectivity index (χ0v) is 18.5. The van der Waals surface area contributed by atoms with E-state index in [1.807, 2.05) is 28.8 Å². The lowest BCUT2D eigenvalue weighted by Crippen LogP contribution is -2.23. The van der Waals surface area contributed by atoms with Crippen molar-refractivity contribution >= 4 is 25.7 Å². The predicted octanol–water partition coefficient (Wildman–Crippen LogP) is 5.46. The lowest BCUT2D eigenvalue weighted by Gasteiger charge is -2.20. The van der Waals surface area contributed by atoms with Crippen molar-refractivity contribution in [3.8, 4) is 0 Å². The van der Waals surface area contributed by atoms with Crippen LogP contribution in [0.1, 0.15) is 40.2 Å². The number of methoxy groups -OCH3 is 1. The number of benzene rings is 1. The van der Waals surface area contributed by atoms with E-state index in [4.69, 9.17) is 9.47 Å². The minimum atomic E-state index is -1.14. The molecule has 3 rings (SSSR count). The molecule has 0 N–H and O–H groups in total. The molecule has 1 aromatic carbocycles. The predicted molar refractivity (Wildman–Crippen MR) is 117 cm³/mol. The Morgan fingerprint density at radius 3 is 2.61 bits per heavy atom. The highest BCUT2D eigenvalue weighted by Crippen LogP contribution is 2.35. The van der Waals surface area contributed by atoms with Gasteiger partial charge in [0.25, 0.3) is 0 Å². The van der Waals surface area contributed by atoms with Gasteiger partial charge < -0.3 is 14.0 Å². The maximum Gasteiger partial charge on any atom is 0.354 e. The van der Waals surface area contributed by atoms with Gasteiger partial charge >= 0.3 is 5.97 Å². The number of esters is 1. The lowest BCUT2D eigenvalue weighted by atomic mass is 9.91. The monoisotopic (exact) mass is 397 g/mol. The van der Waals surface area contributed by atoms with E-state index < -0.39 is 8.07 Å². The van der Waals surface area contributed by atoms with Gasteiger partial charge in [-0.25, -0.2) is 4.79 Å². The van der Waals surface area contributed by atoms with Crippen molar-refractivity contribution in [1.82, 2.24) is 4.57 Å². The molecule has 0 fully saturated rings. The maximum atomic E-state index is 12.4. The second kappa shape index (κ2) is 8.93. The molecule has 150 valence electrons. The van der Waals surface area contributed by atoms with Crippen LogP contribution >= 0.6 is 0 Å². The first kappa shape index (κ1) is 20.6. The van der Waals surface area contributed by atoms with Crippen LogP contribution in [-0.4, -0.2) is 32.3 Å². The number of hydrogen-bond donors (Lipinski definition) is 0. The Hall–Kier alpha value is -2.11. The molecule has 1 aliphatic rings. The molecular weight excluding hydrogens is 366 g/mol. The first-order valence-corrected chi connectivity index (χ1v) is 13.7. The number of ether oxygens (including phenoxy) is 2. The number of allylic oxidation sites excluding steroid dienone is 1. The minimum Gasteiger partial charge on any atom is -0.464 e. The topological polar surface area (TPSA) is 40.5 Å². The maximum absolute atomic E-state index is 12.4. The highest BCUT2D eigenvalue weighted by atomic mass is 28.3. The van der Waals surface area contributed by atoms with Crippen LogP contribution in [0.3, 0.4) is 0 Å². The normalized spacial score (nSPS) is 15.5. The quantitative estimate of drug-likeness (QED) is 0.354. The van der Waals surface area contributed by atoms with Crippen molar-refractivity contribution in [2.45, 2.75) is 51.7 Å². The third kappa shape index (κ3) is 5.03. The molecule has 0 spiro atoms. The highest BCUT2D eigenvalue weighted by molar-refractivity contribution is 6.76. The van der Waals surface area contributed by atoms with Gasteiger partial charge in [-0.15, -0.1) is 0 Å². The number of nitrogens with zero attached hydrogens (tertiary/aromatic N) is 1. The summed E-state index contributed by atoms with van der Waals surface area (Å²) in [5, 5.41) is 0. The molecule has 28 heavy (non-hydrogen) atoms. The summed E-state index contributed by atoms with van der Waals surface area (Å²) in [5.74, 6) is -0.303. The van der Waals surface area contributed by atoms with Crippen LogP contribution in [0.15, 0.2) is 36.4 Å². The highest BCUT2D eigenvalue weighted by Gasteiger charge is 2.25. The van der Waals surface area contributed by atoms with E-state index in [1.54, 1.807) is 0 Å². The van der Waals surface area contributed by atoms with Gasteiger partial charge in [-0.05, 0) is 48.1 Å². The number of carbonyl (C=O) groups is 1. The van der Waals surface area contributed by atoms with E-state index in [9.17, 15) is 4.79 Å². The molecular formula is C23H31NO3Si. The number of carbonyl (C=O) groups excluding carboxylic acids is 1. The van der Waals surface area contributed by atoms with Crippen LogP contribution in [-0.2, 0) is 22.6 Å². The smallest absolute Gasteiger partial charge is 0.354 e. The van der Waals surface area contributed by atoms with E-state index in [2.05, 4.69) is 37.8 Å². The molecule has 0 aliphatic heterocycles. The summed E-state index contributed by atoms with van der Waals surface area (Å²) in [7, 11) is 0.297. The van der Waals surface area contributed by atoms with Crippen molar-refractivity contribution in [3.05, 3.63) is 58.9 Å². The fourth-order valence-electron chi connectivity index (χ4n) is 3.57. The Labute approximate surface area is 169 Å². The Morgan fingerprint density at radius 1 is 1.18 bits per heavy atom. The number of hydrogen-bond acceptors (Lipinski definition) is 3. The standard InChI is InChI=1S/C23H31NO3Si/c1-26-23(25)22-16-20-19(15-18-9-6-5-7-10-18)11-8-12-21(20)24(22)17-27-13-14-28(2,3)4/h5-7,9-10,15-16H,8,11-14,17H2,1-4H3. The first-order chi connectivity index (χ1) is 13.4. The van der Waals surface area contributed by atoms with E-state index in [-0.39, 0.29) is 5.97 Å². The fourth-order valence-corrected chi connectivity index (χ4v) is 4.33. The van der Waals surface area contributed by atoms with Gasteiger partial charge in [0.2, 0.25) is 0 Å². The third-order valence-corrected chi connectivity index (χ3v) is 6.87. The largest absolute Gasteiger partial charge is 0.464 e. The Bertz CT molecular complexity index is 847. The number of fused-ring (bicyclic) bond motifs is 1. The van der Waals surface area contributed by atoms with Crippen LogP contribution in [0.25, 0.3) is 11.6 Å². The van der Waals surface area contributed by atoms with Crippen molar-refractivity contribution in [3.63, 3.8) is 0 Å². The van der Waals surface area contributed by atoms with E-state index >= 15 is 0 Å². The second-order valence-electron chi connectivity index (χ2n) is 8.59. The second-order valence-corrected chi connectivity index (χ2v) is 14.2.